The minimum absolute atomic E-state index is 0.175. The summed E-state index contributed by atoms with van der Waals surface area (Å²) in [4.78, 5) is 20.0. The predicted octanol–water partition coefficient (Wildman–Crippen LogP) is 2.75. The maximum absolute atomic E-state index is 11.8. The van der Waals surface area contributed by atoms with Crippen molar-refractivity contribution in [2.24, 2.45) is 0 Å². The first kappa shape index (κ1) is 14.6. The van der Waals surface area contributed by atoms with E-state index in [4.69, 9.17) is 17.3 Å². The standard InChI is InChI=1S/C13H13ClN4OS/c1-8-5-16-13(17-6-8)20-7-12(19)18-11-3-2-9(15)4-10(11)14/h2-6H,7,15H2,1H3,(H,18,19). The number of nitrogens with one attached hydrogen (secondary N) is 1. The molecule has 0 spiro atoms. The van der Waals surface area contributed by atoms with Crippen LogP contribution in [0.1, 0.15) is 5.56 Å². The number of nitrogen functional groups attached to an aromatic ring is 1. The van der Waals surface area contributed by atoms with Gasteiger partial charge in [0.1, 0.15) is 0 Å². The van der Waals surface area contributed by atoms with E-state index in [2.05, 4.69) is 15.3 Å². The smallest absolute Gasteiger partial charge is 0.234 e. The molecule has 20 heavy (non-hydrogen) atoms. The highest BCUT2D eigenvalue weighted by molar-refractivity contribution is 7.99. The SMILES string of the molecule is Cc1cnc(SCC(=O)Nc2ccc(N)cc2Cl)nc1. The number of carbonyl (C=O) groups is 1. The molecular formula is C13H13ClN4OS. The minimum atomic E-state index is -0.175. The summed E-state index contributed by atoms with van der Waals surface area (Å²) in [5, 5.41) is 3.69. The molecule has 7 heteroatoms. The Bertz CT molecular complexity index is 618. The molecule has 0 saturated heterocycles. The Morgan fingerprint density at radius 2 is 2.10 bits per heavy atom. The molecule has 0 aliphatic carbocycles. The molecule has 2 aromatic rings. The van der Waals surface area contributed by atoms with Crippen molar-refractivity contribution in [3.8, 4) is 0 Å². The average molecular weight is 309 g/mol. The van der Waals surface area contributed by atoms with Crippen LogP contribution in [-0.4, -0.2) is 21.6 Å². The summed E-state index contributed by atoms with van der Waals surface area (Å²) in [5.41, 5.74) is 7.66. The van der Waals surface area contributed by atoms with Gasteiger partial charge in [0.05, 0.1) is 16.5 Å². The third-order valence-corrected chi connectivity index (χ3v) is 3.55. The number of hydrogen-bond acceptors (Lipinski definition) is 5. The van der Waals surface area contributed by atoms with E-state index in [1.165, 1.54) is 11.8 Å². The number of aryl methyl sites for hydroxylation is 1. The second-order valence-electron chi connectivity index (χ2n) is 4.12. The third-order valence-electron chi connectivity index (χ3n) is 2.36. The van der Waals surface area contributed by atoms with Crippen molar-refractivity contribution in [2.45, 2.75) is 12.1 Å². The molecule has 1 aromatic heterocycles. The van der Waals surface area contributed by atoms with Crippen LogP contribution in [0.4, 0.5) is 11.4 Å². The summed E-state index contributed by atoms with van der Waals surface area (Å²) < 4.78 is 0. The zero-order chi connectivity index (χ0) is 14.5. The first-order valence-corrected chi connectivity index (χ1v) is 7.17. The molecule has 1 aromatic carbocycles. The number of thioether (sulfide) groups is 1. The summed E-state index contributed by atoms with van der Waals surface area (Å²) in [6, 6.07) is 4.94. The summed E-state index contributed by atoms with van der Waals surface area (Å²) >= 11 is 7.25. The lowest BCUT2D eigenvalue weighted by atomic mass is 10.3. The molecule has 0 bridgehead atoms. The predicted molar refractivity (Wildman–Crippen MR) is 82.0 cm³/mol. The third kappa shape index (κ3) is 4.11. The Morgan fingerprint density at radius 3 is 2.75 bits per heavy atom. The van der Waals surface area contributed by atoms with Crippen LogP contribution in [-0.2, 0) is 4.79 Å². The molecular weight excluding hydrogens is 296 g/mol. The van der Waals surface area contributed by atoms with Gasteiger partial charge in [0.15, 0.2) is 5.16 Å². The second kappa shape index (κ2) is 6.58. The Morgan fingerprint density at radius 1 is 1.40 bits per heavy atom. The summed E-state index contributed by atoms with van der Waals surface area (Å²) in [5.74, 6) is 0.0369. The van der Waals surface area contributed by atoms with E-state index in [1.54, 1.807) is 30.6 Å². The number of nitrogens with two attached hydrogens (primary N) is 1. The molecule has 0 aliphatic rings. The number of carbonyl (C=O) groups excluding carboxylic acids is 1. The summed E-state index contributed by atoms with van der Waals surface area (Å²) in [6.45, 7) is 1.91. The van der Waals surface area contributed by atoms with Gasteiger partial charge in [0.25, 0.3) is 0 Å². The van der Waals surface area contributed by atoms with Gasteiger partial charge in [0.2, 0.25) is 5.91 Å². The molecule has 2 rings (SSSR count). The van der Waals surface area contributed by atoms with Crippen LogP contribution < -0.4 is 11.1 Å². The van der Waals surface area contributed by atoms with Gasteiger partial charge in [-0.1, -0.05) is 23.4 Å². The van der Waals surface area contributed by atoms with Crippen LogP contribution in [0.25, 0.3) is 0 Å². The Hall–Kier alpha value is -1.79. The van der Waals surface area contributed by atoms with Gasteiger partial charge in [-0.3, -0.25) is 4.79 Å². The molecule has 0 saturated carbocycles. The highest BCUT2D eigenvalue weighted by Gasteiger charge is 2.08. The number of nitrogens with zero attached hydrogens (tertiary/aromatic N) is 2. The van der Waals surface area contributed by atoms with Gasteiger partial charge in [-0.25, -0.2) is 9.97 Å². The average Bonchev–Trinajstić information content (AvgIpc) is 2.41. The second-order valence-corrected chi connectivity index (χ2v) is 5.47. The van der Waals surface area contributed by atoms with Crippen molar-refractivity contribution in [1.82, 2.24) is 9.97 Å². The fraction of sp³-hybridized carbons (Fsp3) is 0.154. The van der Waals surface area contributed by atoms with Crippen LogP contribution in [0, 0.1) is 6.92 Å². The molecule has 1 amide bonds. The van der Waals surface area contributed by atoms with Crippen LogP contribution in [0.3, 0.4) is 0 Å². The van der Waals surface area contributed by atoms with Crippen molar-refractivity contribution in [1.29, 1.82) is 0 Å². The molecule has 104 valence electrons. The van der Waals surface area contributed by atoms with Crippen molar-refractivity contribution in [2.75, 3.05) is 16.8 Å². The Kier molecular flexibility index (Phi) is 4.81. The van der Waals surface area contributed by atoms with E-state index in [0.717, 1.165) is 5.56 Å². The molecule has 0 fully saturated rings. The lowest BCUT2D eigenvalue weighted by Gasteiger charge is -2.07. The molecule has 3 N–H and O–H groups in total. The van der Waals surface area contributed by atoms with Crippen LogP contribution in [0.15, 0.2) is 35.7 Å². The zero-order valence-corrected chi connectivity index (χ0v) is 12.3. The molecule has 0 atom stereocenters. The van der Waals surface area contributed by atoms with Gasteiger partial charge >= 0.3 is 0 Å². The molecule has 0 aliphatic heterocycles. The lowest BCUT2D eigenvalue weighted by Crippen LogP contribution is -2.14. The number of benzene rings is 1. The van der Waals surface area contributed by atoms with Crippen molar-refractivity contribution < 1.29 is 4.79 Å². The maximum atomic E-state index is 11.8. The van der Waals surface area contributed by atoms with E-state index >= 15 is 0 Å². The first-order chi connectivity index (χ1) is 9.54. The van der Waals surface area contributed by atoms with Crippen molar-refractivity contribution in [3.05, 3.63) is 41.2 Å². The highest BCUT2D eigenvalue weighted by atomic mass is 35.5. The lowest BCUT2D eigenvalue weighted by molar-refractivity contribution is -0.113. The first-order valence-electron chi connectivity index (χ1n) is 5.81. The zero-order valence-electron chi connectivity index (χ0n) is 10.8. The Balaban J connectivity index is 1.90. The molecule has 5 nitrogen and oxygen atoms in total. The van der Waals surface area contributed by atoms with Crippen LogP contribution >= 0.6 is 23.4 Å². The largest absolute Gasteiger partial charge is 0.399 e. The van der Waals surface area contributed by atoms with E-state index in [9.17, 15) is 4.79 Å². The summed E-state index contributed by atoms with van der Waals surface area (Å²) in [7, 11) is 0. The minimum Gasteiger partial charge on any atom is -0.399 e. The number of amides is 1. The van der Waals surface area contributed by atoms with Gasteiger partial charge in [-0.15, -0.1) is 0 Å². The van der Waals surface area contributed by atoms with E-state index in [-0.39, 0.29) is 11.7 Å². The maximum Gasteiger partial charge on any atom is 0.234 e. The quantitative estimate of drug-likeness (QED) is 0.515. The molecule has 1 heterocycles. The fourth-order valence-electron chi connectivity index (χ4n) is 1.40. The normalized spacial score (nSPS) is 10.3. The number of rotatable bonds is 4. The van der Waals surface area contributed by atoms with Crippen LogP contribution in [0.2, 0.25) is 5.02 Å². The van der Waals surface area contributed by atoms with Crippen molar-refractivity contribution in [3.63, 3.8) is 0 Å². The molecule has 0 radical (unpaired) electrons. The number of anilines is 2. The fourth-order valence-corrected chi connectivity index (χ4v) is 2.23. The van der Waals surface area contributed by atoms with Crippen LogP contribution in [0.5, 0.6) is 0 Å². The monoisotopic (exact) mass is 308 g/mol. The van der Waals surface area contributed by atoms with E-state index in [0.29, 0.717) is 21.6 Å². The van der Waals surface area contributed by atoms with Crippen molar-refractivity contribution >= 4 is 40.6 Å². The highest BCUT2D eigenvalue weighted by Crippen LogP contribution is 2.24. The van der Waals surface area contributed by atoms with Gasteiger partial charge in [-0.05, 0) is 30.7 Å². The topological polar surface area (TPSA) is 80.9 Å². The molecule has 0 unspecified atom stereocenters. The number of hydrogen-bond donors (Lipinski definition) is 2. The van der Waals surface area contributed by atoms with Gasteiger partial charge in [-0.2, -0.15) is 0 Å². The van der Waals surface area contributed by atoms with Gasteiger partial charge in [0, 0.05) is 18.1 Å². The van der Waals surface area contributed by atoms with E-state index in [1.807, 2.05) is 6.92 Å². The van der Waals surface area contributed by atoms with E-state index < -0.39 is 0 Å². The number of halogens is 1. The number of aromatic nitrogens is 2. The Labute approximate surface area is 126 Å². The van der Waals surface area contributed by atoms with Gasteiger partial charge < -0.3 is 11.1 Å². The summed E-state index contributed by atoms with van der Waals surface area (Å²) in [6.07, 6.45) is 3.42.